The summed E-state index contributed by atoms with van der Waals surface area (Å²) in [6, 6.07) is 7.33. The highest BCUT2D eigenvalue weighted by atomic mass is 32.2. The van der Waals surface area contributed by atoms with Crippen LogP contribution in [0.15, 0.2) is 24.3 Å². The predicted octanol–water partition coefficient (Wildman–Crippen LogP) is 0.991. The van der Waals surface area contributed by atoms with Gasteiger partial charge in [-0.3, -0.25) is 0 Å². The van der Waals surface area contributed by atoms with Crippen molar-refractivity contribution in [1.29, 1.82) is 0 Å². The summed E-state index contributed by atoms with van der Waals surface area (Å²) in [5, 5.41) is 0. The molecule has 1 fully saturated rings. The molecule has 1 aliphatic carbocycles. The number of benzene rings is 1. The summed E-state index contributed by atoms with van der Waals surface area (Å²) >= 11 is 0. The fourth-order valence-corrected chi connectivity index (χ4v) is 3.04. The lowest BCUT2D eigenvalue weighted by Crippen LogP contribution is -2.28. The Morgan fingerprint density at radius 2 is 2.05 bits per heavy atom. The van der Waals surface area contributed by atoms with Crippen molar-refractivity contribution in [3.05, 3.63) is 35.4 Å². The van der Waals surface area contributed by atoms with E-state index in [9.17, 15) is 8.42 Å². The van der Waals surface area contributed by atoms with Gasteiger partial charge in [-0.05, 0) is 29.9 Å². The van der Waals surface area contributed by atoms with Gasteiger partial charge in [-0.15, -0.1) is 0 Å². The number of hydrogen-bond acceptors (Lipinski definition) is 4. The summed E-state index contributed by atoms with van der Waals surface area (Å²) in [5.74, 6) is 0.675. The van der Waals surface area contributed by atoms with Crippen LogP contribution in [0.5, 0.6) is 0 Å². The highest BCUT2D eigenvalue weighted by Crippen LogP contribution is 2.28. The van der Waals surface area contributed by atoms with Crippen molar-refractivity contribution in [2.24, 2.45) is 11.7 Å². The zero-order valence-electron chi connectivity index (χ0n) is 11.5. The second-order valence-corrected chi connectivity index (χ2v) is 7.00. The minimum absolute atomic E-state index is 0.0243. The first-order chi connectivity index (χ1) is 9.59. The van der Waals surface area contributed by atoms with E-state index in [-0.39, 0.29) is 5.75 Å². The van der Waals surface area contributed by atoms with Crippen LogP contribution in [0.4, 0.5) is 0 Å². The number of ether oxygens (including phenoxy) is 1. The zero-order valence-corrected chi connectivity index (χ0v) is 12.4. The van der Waals surface area contributed by atoms with Crippen LogP contribution in [-0.4, -0.2) is 28.2 Å². The van der Waals surface area contributed by atoms with Gasteiger partial charge in [0.2, 0.25) is 10.0 Å². The number of nitrogens with two attached hydrogens (primary N) is 1. The van der Waals surface area contributed by atoms with E-state index in [1.807, 2.05) is 18.2 Å². The normalized spacial score (nSPS) is 15.4. The van der Waals surface area contributed by atoms with Gasteiger partial charge in [-0.1, -0.05) is 24.3 Å². The summed E-state index contributed by atoms with van der Waals surface area (Å²) in [5.41, 5.74) is 7.23. The van der Waals surface area contributed by atoms with Gasteiger partial charge in [-0.2, -0.15) is 0 Å². The van der Waals surface area contributed by atoms with E-state index < -0.39 is 10.0 Å². The van der Waals surface area contributed by atoms with Crippen molar-refractivity contribution in [1.82, 2.24) is 4.72 Å². The van der Waals surface area contributed by atoms with E-state index in [1.54, 1.807) is 6.07 Å². The van der Waals surface area contributed by atoms with Gasteiger partial charge in [0.15, 0.2) is 0 Å². The molecular weight excluding hydrogens is 276 g/mol. The molecule has 0 unspecified atom stereocenters. The minimum Gasteiger partial charge on any atom is -0.380 e. The van der Waals surface area contributed by atoms with Gasteiger partial charge in [0.05, 0.1) is 12.4 Å². The molecule has 6 heteroatoms. The number of hydrogen-bond donors (Lipinski definition) is 2. The Kier molecular flexibility index (Phi) is 5.54. The second-order valence-electron chi connectivity index (χ2n) is 5.20. The maximum atomic E-state index is 11.9. The van der Waals surface area contributed by atoms with E-state index >= 15 is 0 Å². The number of sulfonamides is 1. The Labute approximate surface area is 120 Å². The largest absolute Gasteiger partial charge is 0.380 e. The van der Waals surface area contributed by atoms with Crippen molar-refractivity contribution < 1.29 is 13.2 Å². The van der Waals surface area contributed by atoms with Gasteiger partial charge >= 0.3 is 0 Å². The summed E-state index contributed by atoms with van der Waals surface area (Å²) < 4.78 is 31.8. The van der Waals surface area contributed by atoms with E-state index in [4.69, 9.17) is 10.5 Å². The Morgan fingerprint density at radius 1 is 1.30 bits per heavy atom. The van der Waals surface area contributed by atoms with Crippen molar-refractivity contribution in [3.63, 3.8) is 0 Å². The Hall–Kier alpha value is -0.950. The lowest BCUT2D eigenvalue weighted by Gasteiger charge is -2.08. The number of rotatable bonds is 9. The topological polar surface area (TPSA) is 81.4 Å². The molecular formula is C14H22N2O3S. The van der Waals surface area contributed by atoms with Gasteiger partial charge < -0.3 is 10.5 Å². The first-order valence-corrected chi connectivity index (χ1v) is 8.57. The highest BCUT2D eigenvalue weighted by Gasteiger charge is 2.21. The Balaban J connectivity index is 1.74. The average molecular weight is 298 g/mol. The Morgan fingerprint density at radius 3 is 2.75 bits per heavy atom. The molecule has 20 heavy (non-hydrogen) atoms. The van der Waals surface area contributed by atoms with Crippen molar-refractivity contribution in [2.45, 2.75) is 25.1 Å². The predicted molar refractivity (Wildman–Crippen MR) is 78.5 cm³/mol. The fourth-order valence-electron chi connectivity index (χ4n) is 1.92. The molecule has 112 valence electrons. The lowest BCUT2D eigenvalue weighted by atomic mass is 10.1. The molecule has 1 aromatic rings. The fraction of sp³-hybridized carbons (Fsp3) is 0.571. The van der Waals surface area contributed by atoms with Crippen LogP contribution in [0.1, 0.15) is 24.0 Å². The summed E-state index contributed by atoms with van der Waals surface area (Å²) in [4.78, 5) is 0. The van der Waals surface area contributed by atoms with Crippen LogP contribution in [0.3, 0.4) is 0 Å². The third kappa shape index (κ3) is 5.58. The first kappa shape index (κ1) is 15.4. The molecule has 1 saturated carbocycles. The van der Waals surface area contributed by atoms with Gasteiger partial charge in [-0.25, -0.2) is 13.1 Å². The molecule has 1 aliphatic rings. The average Bonchev–Trinajstić information content (AvgIpc) is 3.22. The van der Waals surface area contributed by atoms with Crippen LogP contribution in [0.25, 0.3) is 0 Å². The molecule has 0 spiro atoms. The molecule has 0 saturated heterocycles. The molecule has 0 amide bonds. The van der Waals surface area contributed by atoms with Crippen molar-refractivity contribution in [3.8, 4) is 0 Å². The van der Waals surface area contributed by atoms with E-state index in [1.165, 1.54) is 12.8 Å². The van der Waals surface area contributed by atoms with Crippen LogP contribution < -0.4 is 10.5 Å². The molecule has 0 heterocycles. The van der Waals surface area contributed by atoms with Crippen molar-refractivity contribution in [2.75, 3.05) is 19.8 Å². The van der Waals surface area contributed by atoms with Crippen LogP contribution >= 0.6 is 0 Å². The summed E-state index contributed by atoms with van der Waals surface area (Å²) in [7, 11) is -3.32. The van der Waals surface area contributed by atoms with Crippen LogP contribution in [-0.2, 0) is 27.1 Å². The molecule has 0 radical (unpaired) electrons. The highest BCUT2D eigenvalue weighted by molar-refractivity contribution is 7.88. The number of nitrogens with one attached hydrogen (secondary N) is 1. The quantitative estimate of drug-likeness (QED) is 0.666. The standard InChI is InChI=1S/C14H22N2O3S/c15-9-13-2-1-3-14(8-13)11-20(17,18)16-6-7-19-10-12-4-5-12/h1-3,8,12,16H,4-7,9-11,15H2. The second kappa shape index (κ2) is 7.17. The molecule has 2 rings (SSSR count). The molecule has 0 aromatic heterocycles. The summed E-state index contributed by atoms with van der Waals surface area (Å²) in [6.45, 7) is 1.92. The SMILES string of the molecule is NCc1cccc(CS(=O)(=O)NCCOCC2CC2)c1. The van der Waals surface area contributed by atoms with Crippen molar-refractivity contribution >= 4 is 10.0 Å². The van der Waals surface area contributed by atoms with Gasteiger partial charge in [0.25, 0.3) is 0 Å². The van der Waals surface area contributed by atoms with E-state index in [0.29, 0.717) is 25.6 Å². The third-order valence-electron chi connectivity index (χ3n) is 3.20. The van der Waals surface area contributed by atoms with E-state index in [0.717, 1.165) is 17.7 Å². The van der Waals surface area contributed by atoms with Crippen LogP contribution in [0.2, 0.25) is 0 Å². The monoisotopic (exact) mass is 298 g/mol. The maximum Gasteiger partial charge on any atom is 0.215 e. The summed E-state index contributed by atoms with van der Waals surface area (Å²) in [6.07, 6.45) is 2.48. The lowest BCUT2D eigenvalue weighted by molar-refractivity contribution is 0.129. The molecule has 0 bridgehead atoms. The minimum atomic E-state index is -3.32. The third-order valence-corrected chi connectivity index (χ3v) is 4.56. The molecule has 0 aliphatic heterocycles. The van der Waals surface area contributed by atoms with E-state index in [2.05, 4.69) is 4.72 Å². The molecule has 3 N–H and O–H groups in total. The van der Waals surface area contributed by atoms with Gasteiger partial charge in [0, 0.05) is 19.7 Å². The smallest absolute Gasteiger partial charge is 0.215 e. The van der Waals surface area contributed by atoms with Gasteiger partial charge in [0.1, 0.15) is 0 Å². The maximum absolute atomic E-state index is 11.9. The molecule has 1 aromatic carbocycles. The molecule has 0 atom stereocenters. The zero-order chi connectivity index (χ0) is 14.4. The first-order valence-electron chi connectivity index (χ1n) is 6.92. The molecule has 5 nitrogen and oxygen atoms in total. The van der Waals surface area contributed by atoms with Crippen LogP contribution in [0, 0.1) is 5.92 Å². The Bertz CT molecular complexity index is 527.